The Hall–Kier alpha value is -8.74. The molecule has 4 heterocycles. The van der Waals surface area contributed by atoms with Crippen molar-refractivity contribution in [2.24, 2.45) is 0 Å². The van der Waals surface area contributed by atoms with Crippen LogP contribution >= 0.6 is 0 Å². The number of furan rings is 1. The molecule has 0 aliphatic carbocycles. The van der Waals surface area contributed by atoms with Crippen molar-refractivity contribution < 1.29 is 4.42 Å². The van der Waals surface area contributed by atoms with Crippen LogP contribution in [0, 0.1) is 0 Å². The minimum absolute atomic E-state index is 0.552. The van der Waals surface area contributed by atoms with E-state index in [1.807, 2.05) is 60.7 Å². The van der Waals surface area contributed by atoms with Gasteiger partial charge in [0.2, 0.25) is 0 Å². The fraction of sp³-hybridized carbons (Fsp3) is 0. The third-order valence-electron chi connectivity index (χ3n) is 12.5. The van der Waals surface area contributed by atoms with Crippen molar-refractivity contribution >= 4 is 65.4 Å². The minimum Gasteiger partial charge on any atom is -0.455 e. The second-order valence-electron chi connectivity index (χ2n) is 16.1. The summed E-state index contributed by atoms with van der Waals surface area (Å²) in [7, 11) is 0. The van der Waals surface area contributed by atoms with Gasteiger partial charge in [-0.2, -0.15) is 0 Å². The quantitative estimate of drug-likeness (QED) is 0.156. The van der Waals surface area contributed by atoms with Gasteiger partial charge in [-0.05, 0) is 42.0 Å². The van der Waals surface area contributed by atoms with Crippen LogP contribution < -0.4 is 0 Å². The SMILES string of the molecule is c1ccc(-c2nc(-c3ccc(-c4cccc5c4nc(-c4ccccc4)c4ccc6c(c7ccccc7n6-c6ccccc6)c45)cc3)nc(-c3cccc4c3oc3ccccc34)n2)cc1. The van der Waals surface area contributed by atoms with E-state index in [-0.39, 0.29) is 0 Å². The van der Waals surface area contributed by atoms with Crippen molar-refractivity contribution in [3.05, 3.63) is 212 Å². The number of hydrogen-bond donors (Lipinski definition) is 0. The van der Waals surface area contributed by atoms with Crippen molar-refractivity contribution in [1.29, 1.82) is 0 Å². The first-order chi connectivity index (χ1) is 31.7. The smallest absolute Gasteiger partial charge is 0.167 e. The Morgan fingerprint density at radius 1 is 0.328 bits per heavy atom. The summed E-state index contributed by atoms with van der Waals surface area (Å²) < 4.78 is 8.83. The monoisotopic (exact) mass is 817 g/mol. The molecule has 0 N–H and O–H groups in total. The summed E-state index contributed by atoms with van der Waals surface area (Å²) in [4.78, 5) is 20.8. The molecular formula is C58H35N5O. The van der Waals surface area contributed by atoms with Crippen molar-refractivity contribution in [2.45, 2.75) is 0 Å². The first-order valence-electron chi connectivity index (χ1n) is 21.5. The normalized spacial score (nSPS) is 11.8. The molecule has 13 aromatic rings. The second kappa shape index (κ2) is 14.4. The molecule has 13 rings (SSSR count). The van der Waals surface area contributed by atoms with Crippen LogP contribution in [0.25, 0.3) is 128 Å². The first kappa shape index (κ1) is 36.0. The Morgan fingerprint density at radius 2 is 0.906 bits per heavy atom. The molecule has 6 nitrogen and oxygen atoms in total. The zero-order valence-corrected chi connectivity index (χ0v) is 34.4. The molecule has 6 heteroatoms. The molecule has 0 amide bonds. The summed E-state index contributed by atoms with van der Waals surface area (Å²) in [6.45, 7) is 0. The highest BCUT2D eigenvalue weighted by molar-refractivity contribution is 6.30. The van der Waals surface area contributed by atoms with Crippen LogP contribution in [0.5, 0.6) is 0 Å². The average molecular weight is 818 g/mol. The molecule has 0 saturated heterocycles. The van der Waals surface area contributed by atoms with Crippen molar-refractivity contribution in [2.75, 3.05) is 0 Å². The van der Waals surface area contributed by atoms with E-state index in [4.69, 9.17) is 24.4 Å². The van der Waals surface area contributed by atoms with E-state index < -0.39 is 0 Å². The third kappa shape index (κ3) is 5.66. The molecule has 0 fully saturated rings. The van der Waals surface area contributed by atoms with Gasteiger partial charge in [0.05, 0.1) is 27.8 Å². The summed E-state index contributed by atoms with van der Waals surface area (Å²) in [6.07, 6.45) is 0. The van der Waals surface area contributed by atoms with E-state index in [1.54, 1.807) is 0 Å². The van der Waals surface area contributed by atoms with E-state index in [0.717, 1.165) is 88.5 Å². The minimum atomic E-state index is 0.552. The summed E-state index contributed by atoms with van der Waals surface area (Å²) in [5.41, 5.74) is 12.7. The Bertz CT molecular complexity index is 3930. The average Bonchev–Trinajstić information content (AvgIpc) is 3.93. The largest absolute Gasteiger partial charge is 0.455 e. The van der Waals surface area contributed by atoms with E-state index in [2.05, 4.69) is 156 Å². The predicted octanol–water partition coefficient (Wildman–Crippen LogP) is 14.9. The van der Waals surface area contributed by atoms with Crippen LogP contribution in [0.1, 0.15) is 0 Å². The van der Waals surface area contributed by atoms with Crippen molar-refractivity contribution in [1.82, 2.24) is 24.5 Å². The molecule has 64 heavy (non-hydrogen) atoms. The van der Waals surface area contributed by atoms with Gasteiger partial charge < -0.3 is 8.98 Å². The number of hydrogen-bond acceptors (Lipinski definition) is 5. The van der Waals surface area contributed by atoms with Crippen LogP contribution in [0.3, 0.4) is 0 Å². The second-order valence-corrected chi connectivity index (χ2v) is 16.1. The molecule has 0 atom stereocenters. The van der Waals surface area contributed by atoms with E-state index in [1.165, 1.54) is 21.7 Å². The maximum absolute atomic E-state index is 6.45. The van der Waals surface area contributed by atoms with Crippen LogP contribution in [-0.2, 0) is 0 Å². The van der Waals surface area contributed by atoms with E-state index in [9.17, 15) is 0 Å². The molecule has 0 saturated carbocycles. The van der Waals surface area contributed by atoms with Gasteiger partial charge in [0, 0.05) is 65.6 Å². The van der Waals surface area contributed by atoms with E-state index >= 15 is 0 Å². The molecule has 4 aromatic heterocycles. The maximum Gasteiger partial charge on any atom is 0.167 e. The summed E-state index contributed by atoms with van der Waals surface area (Å²) in [5, 5.41) is 7.91. The zero-order chi connectivity index (χ0) is 42.1. The lowest BCUT2D eigenvalue weighted by atomic mass is 9.93. The molecule has 0 spiro atoms. The molecule has 0 aliphatic rings. The highest BCUT2D eigenvalue weighted by Gasteiger charge is 2.22. The fourth-order valence-corrected chi connectivity index (χ4v) is 9.54. The third-order valence-corrected chi connectivity index (χ3v) is 12.5. The summed E-state index contributed by atoms with van der Waals surface area (Å²) >= 11 is 0. The number of fused-ring (bicyclic) bond motifs is 10. The standard InChI is InChI=1S/C58H35N5O/c1-4-16-37(17-5-1)53-46-34-35-49-52(44-23-10-12-28-48(44)63(49)40-20-8-3-9-21-40)51(46)45-26-14-24-41(54(45)59-53)36-30-32-39(33-31-36)57-60-56(38-18-6-2-7-19-38)61-58(62-57)47-27-15-25-43-42-22-11-13-29-50(42)64-55(43)47/h1-35H. The highest BCUT2D eigenvalue weighted by Crippen LogP contribution is 2.44. The number of para-hydroxylation sites is 5. The fourth-order valence-electron chi connectivity index (χ4n) is 9.54. The molecular weight excluding hydrogens is 783 g/mol. The van der Waals surface area contributed by atoms with Gasteiger partial charge in [-0.25, -0.2) is 19.9 Å². The van der Waals surface area contributed by atoms with Gasteiger partial charge in [-0.3, -0.25) is 0 Å². The van der Waals surface area contributed by atoms with Crippen molar-refractivity contribution in [3.63, 3.8) is 0 Å². The first-order valence-corrected chi connectivity index (χ1v) is 21.5. The summed E-state index contributed by atoms with van der Waals surface area (Å²) in [6, 6.07) is 73.9. The van der Waals surface area contributed by atoms with E-state index in [0.29, 0.717) is 17.5 Å². The van der Waals surface area contributed by atoms with Crippen LogP contribution in [0.4, 0.5) is 0 Å². The van der Waals surface area contributed by atoms with Gasteiger partial charge in [-0.15, -0.1) is 0 Å². The van der Waals surface area contributed by atoms with Crippen molar-refractivity contribution in [3.8, 4) is 62.2 Å². The number of rotatable bonds is 6. The number of aromatic nitrogens is 5. The predicted molar refractivity (Wildman–Crippen MR) is 261 cm³/mol. The molecule has 0 radical (unpaired) electrons. The van der Waals surface area contributed by atoms with Crippen LogP contribution in [0.15, 0.2) is 217 Å². The lowest BCUT2D eigenvalue weighted by Crippen LogP contribution is -2.00. The summed E-state index contributed by atoms with van der Waals surface area (Å²) in [5.74, 6) is 1.72. The van der Waals surface area contributed by atoms with Gasteiger partial charge in [0.25, 0.3) is 0 Å². The highest BCUT2D eigenvalue weighted by atomic mass is 16.3. The maximum atomic E-state index is 6.45. The zero-order valence-electron chi connectivity index (χ0n) is 34.4. The lowest BCUT2D eigenvalue weighted by Gasteiger charge is -2.15. The Labute approximate surface area is 367 Å². The van der Waals surface area contributed by atoms with Crippen LogP contribution in [-0.4, -0.2) is 24.5 Å². The molecule has 0 unspecified atom stereocenters. The van der Waals surface area contributed by atoms with Gasteiger partial charge in [-0.1, -0.05) is 176 Å². The molecule has 0 bridgehead atoms. The van der Waals surface area contributed by atoms with Gasteiger partial charge in [0.1, 0.15) is 11.2 Å². The lowest BCUT2D eigenvalue weighted by molar-refractivity contribution is 0.669. The van der Waals surface area contributed by atoms with Gasteiger partial charge in [0.15, 0.2) is 17.5 Å². The number of nitrogens with zero attached hydrogens (tertiary/aromatic N) is 5. The molecule has 0 aliphatic heterocycles. The Kier molecular flexibility index (Phi) is 8.11. The number of benzene rings is 9. The van der Waals surface area contributed by atoms with Gasteiger partial charge >= 0.3 is 0 Å². The topological polar surface area (TPSA) is 69.6 Å². The Morgan fingerprint density at radius 3 is 1.67 bits per heavy atom. The van der Waals surface area contributed by atoms with Crippen LogP contribution in [0.2, 0.25) is 0 Å². The molecule has 298 valence electrons. The Balaban J connectivity index is 1.01. The molecule has 9 aromatic carbocycles. The number of pyridine rings is 1.